The summed E-state index contributed by atoms with van der Waals surface area (Å²) in [5, 5.41) is 0.464. The second-order valence-corrected chi connectivity index (χ2v) is 4.20. The van der Waals surface area contributed by atoms with Gasteiger partial charge in [-0.3, -0.25) is 0 Å². The summed E-state index contributed by atoms with van der Waals surface area (Å²) < 4.78 is 0.986. The lowest BCUT2D eigenvalue weighted by Crippen LogP contribution is -2.07. The van der Waals surface area contributed by atoms with E-state index in [4.69, 9.17) is 11.6 Å². The molecule has 0 N–H and O–H groups in total. The lowest BCUT2D eigenvalue weighted by molar-refractivity contribution is 0.643. The van der Waals surface area contributed by atoms with Crippen LogP contribution in [0.25, 0.3) is 0 Å². The van der Waals surface area contributed by atoms with Crippen molar-refractivity contribution in [3.63, 3.8) is 0 Å². The summed E-state index contributed by atoms with van der Waals surface area (Å²) in [6.45, 7) is 0. The Bertz CT molecular complexity index is 325. The van der Waals surface area contributed by atoms with E-state index in [0.29, 0.717) is 11.0 Å². The van der Waals surface area contributed by atoms with Gasteiger partial charge < -0.3 is 4.90 Å². The topological polar surface area (TPSA) is 28.5 Å². The number of hydrogen-bond acceptors (Lipinski definition) is 2. The molecule has 0 aliphatic carbocycles. The summed E-state index contributed by atoms with van der Waals surface area (Å²) in [6.07, 6.45) is 1.70. The molecular weight excluding hydrogens is 300 g/mol. The highest BCUT2D eigenvalue weighted by molar-refractivity contribution is 14.1. The highest BCUT2D eigenvalue weighted by Gasteiger charge is 1.99. The molecular formula is C8H9ClIN3. The van der Waals surface area contributed by atoms with E-state index in [1.54, 1.807) is 12.4 Å². The minimum atomic E-state index is 0.464. The van der Waals surface area contributed by atoms with Crippen LogP contribution in [-0.4, -0.2) is 30.3 Å². The van der Waals surface area contributed by atoms with Crippen molar-refractivity contribution in [3.8, 4) is 0 Å². The van der Waals surface area contributed by atoms with E-state index < -0.39 is 0 Å². The number of nitrogens with zero attached hydrogens (tertiary/aromatic N) is 3. The van der Waals surface area contributed by atoms with Crippen LogP contribution in [0, 0.1) is 3.57 Å². The first kappa shape index (κ1) is 10.7. The zero-order chi connectivity index (χ0) is 9.84. The molecule has 0 saturated carbocycles. The standard InChI is InChI=1S/C8H9ClIN3/c1-13(2)5-11-8-6(10)3-4-7(9)12-8/h3-5H,1-2H3/b11-5-. The fraction of sp³-hybridized carbons (Fsp3) is 0.250. The molecule has 3 nitrogen and oxygen atoms in total. The molecule has 1 rings (SSSR count). The molecule has 0 bridgehead atoms. The lowest BCUT2D eigenvalue weighted by Gasteiger charge is -2.02. The predicted octanol–water partition coefficient (Wildman–Crippen LogP) is 2.56. The molecule has 1 aromatic rings. The summed E-state index contributed by atoms with van der Waals surface area (Å²) in [7, 11) is 3.81. The largest absolute Gasteiger partial charge is 0.369 e. The lowest BCUT2D eigenvalue weighted by atomic mass is 10.5. The Kier molecular flexibility index (Phi) is 3.92. The molecule has 0 spiro atoms. The van der Waals surface area contributed by atoms with Crippen LogP contribution in [0.5, 0.6) is 0 Å². The van der Waals surface area contributed by atoms with E-state index in [2.05, 4.69) is 32.6 Å². The maximum atomic E-state index is 5.73. The van der Waals surface area contributed by atoms with Crippen LogP contribution in [0.4, 0.5) is 5.82 Å². The van der Waals surface area contributed by atoms with E-state index in [9.17, 15) is 0 Å². The van der Waals surface area contributed by atoms with Crippen LogP contribution in [0.3, 0.4) is 0 Å². The third-order valence-electron chi connectivity index (χ3n) is 1.20. The second-order valence-electron chi connectivity index (χ2n) is 2.65. The normalized spacial score (nSPS) is 10.8. The van der Waals surface area contributed by atoms with Crippen molar-refractivity contribution < 1.29 is 0 Å². The molecule has 1 heterocycles. The summed E-state index contributed by atoms with van der Waals surface area (Å²) >= 11 is 7.90. The molecule has 0 amide bonds. The number of aliphatic imine (C=N–C) groups is 1. The molecule has 0 unspecified atom stereocenters. The first-order valence-electron chi connectivity index (χ1n) is 3.62. The van der Waals surface area contributed by atoms with Crippen LogP contribution in [0.1, 0.15) is 0 Å². The monoisotopic (exact) mass is 309 g/mol. The molecule has 0 radical (unpaired) electrons. The van der Waals surface area contributed by atoms with Gasteiger partial charge in [-0.25, -0.2) is 9.98 Å². The van der Waals surface area contributed by atoms with E-state index >= 15 is 0 Å². The van der Waals surface area contributed by atoms with Gasteiger partial charge in [-0.15, -0.1) is 0 Å². The summed E-state index contributed by atoms with van der Waals surface area (Å²) in [5.74, 6) is 0.654. The number of rotatable bonds is 2. The zero-order valence-corrected chi connectivity index (χ0v) is 10.2. The maximum Gasteiger partial charge on any atom is 0.168 e. The van der Waals surface area contributed by atoms with E-state index in [-0.39, 0.29) is 0 Å². The van der Waals surface area contributed by atoms with Crippen molar-refractivity contribution in [3.05, 3.63) is 20.9 Å². The first-order chi connectivity index (χ1) is 6.09. The zero-order valence-electron chi connectivity index (χ0n) is 7.33. The van der Waals surface area contributed by atoms with Gasteiger partial charge in [-0.2, -0.15) is 0 Å². The molecule has 0 aliphatic heterocycles. The van der Waals surface area contributed by atoms with Crippen molar-refractivity contribution in [1.29, 1.82) is 0 Å². The van der Waals surface area contributed by atoms with Crippen molar-refractivity contribution in [2.24, 2.45) is 4.99 Å². The Morgan fingerprint density at radius 1 is 1.54 bits per heavy atom. The van der Waals surface area contributed by atoms with Gasteiger partial charge in [-0.05, 0) is 34.7 Å². The minimum absolute atomic E-state index is 0.464. The number of hydrogen-bond donors (Lipinski definition) is 0. The Morgan fingerprint density at radius 2 is 2.23 bits per heavy atom. The molecule has 70 valence electrons. The van der Waals surface area contributed by atoms with Gasteiger partial charge in [-0.1, -0.05) is 11.6 Å². The third kappa shape index (κ3) is 3.48. The molecule has 0 fully saturated rings. The molecule has 13 heavy (non-hydrogen) atoms. The van der Waals surface area contributed by atoms with Crippen LogP contribution < -0.4 is 0 Å². The Hall–Kier alpha value is -0.360. The molecule has 0 atom stereocenters. The first-order valence-corrected chi connectivity index (χ1v) is 5.08. The second kappa shape index (κ2) is 4.76. The Morgan fingerprint density at radius 3 is 2.85 bits per heavy atom. The number of aromatic nitrogens is 1. The number of halogens is 2. The van der Waals surface area contributed by atoms with Gasteiger partial charge in [0.25, 0.3) is 0 Å². The SMILES string of the molecule is CN(C)/C=N\c1nc(Cl)ccc1I. The fourth-order valence-corrected chi connectivity index (χ4v) is 1.25. The van der Waals surface area contributed by atoms with Gasteiger partial charge in [0.1, 0.15) is 5.15 Å². The van der Waals surface area contributed by atoms with Crippen LogP contribution in [0.2, 0.25) is 5.15 Å². The Labute approximate surface area is 96.0 Å². The van der Waals surface area contributed by atoms with Crippen molar-refractivity contribution in [2.75, 3.05) is 14.1 Å². The number of pyridine rings is 1. The van der Waals surface area contributed by atoms with Gasteiger partial charge >= 0.3 is 0 Å². The van der Waals surface area contributed by atoms with Crippen molar-refractivity contribution in [2.45, 2.75) is 0 Å². The fourth-order valence-electron chi connectivity index (χ4n) is 0.669. The maximum absolute atomic E-state index is 5.73. The van der Waals surface area contributed by atoms with E-state index in [1.807, 2.05) is 25.1 Å². The van der Waals surface area contributed by atoms with Gasteiger partial charge in [0, 0.05) is 14.1 Å². The molecule has 0 aliphatic rings. The summed E-state index contributed by atoms with van der Waals surface area (Å²) in [5.41, 5.74) is 0. The van der Waals surface area contributed by atoms with Crippen molar-refractivity contribution >= 4 is 46.3 Å². The third-order valence-corrected chi connectivity index (χ3v) is 2.26. The van der Waals surface area contributed by atoms with E-state index in [1.165, 1.54) is 0 Å². The Balaban J connectivity index is 2.93. The van der Waals surface area contributed by atoms with Crippen LogP contribution in [0.15, 0.2) is 17.1 Å². The highest BCUT2D eigenvalue weighted by atomic mass is 127. The van der Waals surface area contributed by atoms with Crippen LogP contribution >= 0.6 is 34.2 Å². The molecule has 0 saturated heterocycles. The predicted molar refractivity (Wildman–Crippen MR) is 63.8 cm³/mol. The van der Waals surface area contributed by atoms with Gasteiger partial charge in [0.15, 0.2) is 5.82 Å². The van der Waals surface area contributed by atoms with Crippen molar-refractivity contribution in [1.82, 2.24) is 9.88 Å². The quantitative estimate of drug-likeness (QED) is 0.363. The summed E-state index contributed by atoms with van der Waals surface area (Å²) in [6, 6.07) is 3.64. The highest BCUT2D eigenvalue weighted by Crippen LogP contribution is 2.20. The van der Waals surface area contributed by atoms with Gasteiger partial charge in [0.2, 0.25) is 0 Å². The average Bonchev–Trinajstić information content (AvgIpc) is 2.06. The van der Waals surface area contributed by atoms with E-state index in [0.717, 1.165) is 3.57 Å². The molecule has 1 aromatic heterocycles. The minimum Gasteiger partial charge on any atom is -0.369 e. The smallest absolute Gasteiger partial charge is 0.168 e. The van der Waals surface area contributed by atoms with Crippen LogP contribution in [-0.2, 0) is 0 Å². The molecule has 5 heteroatoms. The average molecular weight is 310 g/mol. The van der Waals surface area contributed by atoms with Gasteiger partial charge in [0.05, 0.1) is 9.91 Å². The molecule has 0 aromatic carbocycles. The summed E-state index contributed by atoms with van der Waals surface area (Å²) in [4.78, 5) is 10.1.